The van der Waals surface area contributed by atoms with Crippen molar-refractivity contribution in [1.29, 1.82) is 0 Å². The fourth-order valence-corrected chi connectivity index (χ4v) is 2.43. The van der Waals surface area contributed by atoms with Crippen molar-refractivity contribution < 1.29 is 9.57 Å². The first-order valence-corrected chi connectivity index (χ1v) is 6.82. The smallest absolute Gasteiger partial charge is 0.142 e. The third-order valence-electron chi connectivity index (χ3n) is 2.71. The zero-order valence-corrected chi connectivity index (χ0v) is 12.0. The molecule has 100 valence electrons. The lowest BCUT2D eigenvalue weighted by molar-refractivity contribution is -0.00809. The second-order valence-corrected chi connectivity index (χ2v) is 5.66. The van der Waals surface area contributed by atoms with Gasteiger partial charge in [0.25, 0.3) is 0 Å². The molecule has 2 rings (SSSR count). The molecular formula is C13H17Cl2NO2. The van der Waals surface area contributed by atoms with E-state index in [1.165, 1.54) is 0 Å². The maximum Gasteiger partial charge on any atom is 0.142 e. The summed E-state index contributed by atoms with van der Waals surface area (Å²) >= 11 is 12.1. The molecule has 0 saturated carbocycles. The predicted molar refractivity (Wildman–Crippen MR) is 73.2 cm³/mol. The highest BCUT2D eigenvalue weighted by Gasteiger charge is 2.24. The molecule has 0 bridgehead atoms. The third-order valence-corrected chi connectivity index (χ3v) is 3.21. The normalized spacial score (nSPS) is 18.6. The molecule has 1 aromatic rings. The van der Waals surface area contributed by atoms with E-state index in [1.807, 2.05) is 6.07 Å². The lowest BCUT2D eigenvalue weighted by Gasteiger charge is -2.27. The zero-order valence-electron chi connectivity index (χ0n) is 10.5. The molecule has 0 spiro atoms. The van der Waals surface area contributed by atoms with E-state index < -0.39 is 0 Å². The Morgan fingerprint density at radius 2 is 2.22 bits per heavy atom. The molecule has 3 nitrogen and oxygen atoms in total. The highest BCUT2D eigenvalue weighted by Crippen LogP contribution is 2.39. The van der Waals surface area contributed by atoms with Crippen molar-refractivity contribution in [1.82, 2.24) is 5.48 Å². The number of fused-ring (bicyclic) bond motifs is 1. The van der Waals surface area contributed by atoms with Crippen molar-refractivity contribution in [3.8, 4) is 5.75 Å². The number of hydroxylamine groups is 1. The number of hydrogen-bond acceptors (Lipinski definition) is 3. The minimum absolute atomic E-state index is 0.0729. The summed E-state index contributed by atoms with van der Waals surface area (Å²) in [4.78, 5) is 5.48. The first kappa shape index (κ1) is 13.9. The molecule has 1 N–H and O–H groups in total. The number of benzene rings is 1. The molecule has 1 aliphatic heterocycles. The van der Waals surface area contributed by atoms with Gasteiger partial charge in [0.1, 0.15) is 5.75 Å². The van der Waals surface area contributed by atoms with Crippen molar-refractivity contribution in [2.75, 3.05) is 13.2 Å². The Morgan fingerprint density at radius 1 is 1.44 bits per heavy atom. The molecule has 0 radical (unpaired) electrons. The van der Waals surface area contributed by atoms with E-state index in [1.54, 1.807) is 6.07 Å². The van der Waals surface area contributed by atoms with Gasteiger partial charge in [0, 0.05) is 17.0 Å². The Balaban J connectivity index is 2.12. The number of rotatable bonds is 4. The zero-order chi connectivity index (χ0) is 13.1. The van der Waals surface area contributed by atoms with E-state index in [4.69, 9.17) is 32.8 Å². The van der Waals surface area contributed by atoms with Gasteiger partial charge in [-0.1, -0.05) is 37.0 Å². The maximum atomic E-state index is 6.12. The van der Waals surface area contributed by atoms with Crippen LogP contribution in [0.4, 0.5) is 0 Å². The molecule has 1 heterocycles. The molecule has 1 unspecified atom stereocenters. The molecule has 1 atom stereocenters. The summed E-state index contributed by atoms with van der Waals surface area (Å²) in [6.45, 7) is 5.50. The number of halogens is 2. The van der Waals surface area contributed by atoms with Gasteiger partial charge in [-0.15, -0.1) is 0 Å². The van der Waals surface area contributed by atoms with Crippen LogP contribution in [0.5, 0.6) is 5.75 Å². The van der Waals surface area contributed by atoms with Crippen LogP contribution >= 0.6 is 23.2 Å². The van der Waals surface area contributed by atoms with Gasteiger partial charge in [-0.2, -0.15) is 5.48 Å². The predicted octanol–water partition coefficient (Wildman–Crippen LogP) is 3.99. The molecule has 1 aromatic carbocycles. The van der Waals surface area contributed by atoms with Gasteiger partial charge in [-0.25, -0.2) is 0 Å². The summed E-state index contributed by atoms with van der Waals surface area (Å²) in [7, 11) is 0. The molecule has 0 saturated heterocycles. The number of ether oxygens (including phenoxy) is 1. The minimum atomic E-state index is 0.0729. The number of nitrogens with one attached hydrogen (secondary N) is 1. The fourth-order valence-electron chi connectivity index (χ4n) is 1.86. The highest BCUT2D eigenvalue weighted by atomic mass is 35.5. The summed E-state index contributed by atoms with van der Waals surface area (Å²) in [5.41, 5.74) is 4.03. The van der Waals surface area contributed by atoms with Gasteiger partial charge in [0.2, 0.25) is 0 Å². The van der Waals surface area contributed by atoms with Crippen LogP contribution in [0.1, 0.15) is 31.9 Å². The average Bonchev–Trinajstić information content (AvgIpc) is 2.29. The Morgan fingerprint density at radius 3 is 2.94 bits per heavy atom. The van der Waals surface area contributed by atoms with Gasteiger partial charge < -0.3 is 9.57 Å². The lowest BCUT2D eigenvalue weighted by atomic mass is 10.0. The molecule has 18 heavy (non-hydrogen) atoms. The largest absolute Gasteiger partial charge is 0.492 e. The highest BCUT2D eigenvalue weighted by molar-refractivity contribution is 6.35. The van der Waals surface area contributed by atoms with E-state index >= 15 is 0 Å². The van der Waals surface area contributed by atoms with Crippen molar-refractivity contribution in [3.63, 3.8) is 0 Å². The second-order valence-electron chi connectivity index (χ2n) is 4.82. The van der Waals surface area contributed by atoms with Gasteiger partial charge >= 0.3 is 0 Å². The average molecular weight is 290 g/mol. The van der Waals surface area contributed by atoms with E-state index in [2.05, 4.69) is 19.3 Å². The van der Waals surface area contributed by atoms with Crippen molar-refractivity contribution in [2.45, 2.75) is 26.3 Å². The summed E-state index contributed by atoms with van der Waals surface area (Å²) in [6, 6.07) is 3.64. The van der Waals surface area contributed by atoms with Gasteiger partial charge in [0.15, 0.2) is 0 Å². The van der Waals surface area contributed by atoms with Crippen molar-refractivity contribution >= 4 is 23.2 Å². The van der Waals surface area contributed by atoms with Crippen LogP contribution in [-0.4, -0.2) is 13.2 Å². The molecule has 1 aliphatic rings. The van der Waals surface area contributed by atoms with Crippen LogP contribution in [0, 0.1) is 5.92 Å². The first-order valence-electron chi connectivity index (χ1n) is 6.07. The molecule has 0 aliphatic carbocycles. The van der Waals surface area contributed by atoms with Crippen LogP contribution in [0.3, 0.4) is 0 Å². The molecule has 0 amide bonds. The van der Waals surface area contributed by atoms with E-state index in [0.717, 1.165) is 12.0 Å². The van der Waals surface area contributed by atoms with E-state index in [-0.39, 0.29) is 6.04 Å². The van der Waals surface area contributed by atoms with Gasteiger partial charge in [0.05, 0.1) is 24.3 Å². The lowest BCUT2D eigenvalue weighted by Crippen LogP contribution is -2.28. The Hall–Kier alpha value is -0.480. The van der Waals surface area contributed by atoms with Crippen LogP contribution in [0.2, 0.25) is 10.0 Å². The summed E-state index contributed by atoms with van der Waals surface area (Å²) in [5.74, 6) is 1.19. The quantitative estimate of drug-likeness (QED) is 0.850. The van der Waals surface area contributed by atoms with Crippen molar-refractivity contribution in [3.05, 3.63) is 27.7 Å². The maximum absolute atomic E-state index is 6.12. The monoisotopic (exact) mass is 289 g/mol. The van der Waals surface area contributed by atoms with E-state index in [0.29, 0.717) is 34.9 Å². The van der Waals surface area contributed by atoms with Crippen LogP contribution < -0.4 is 10.2 Å². The molecular weight excluding hydrogens is 273 g/mol. The van der Waals surface area contributed by atoms with Gasteiger partial charge in [-0.3, -0.25) is 0 Å². The SMILES string of the molecule is CC(C)CONC1CCOc2c(Cl)cc(Cl)cc21. The minimum Gasteiger partial charge on any atom is -0.492 e. The summed E-state index contributed by atoms with van der Waals surface area (Å²) < 4.78 is 5.58. The Kier molecular flexibility index (Phi) is 4.73. The van der Waals surface area contributed by atoms with Crippen LogP contribution in [-0.2, 0) is 4.84 Å². The van der Waals surface area contributed by atoms with E-state index in [9.17, 15) is 0 Å². The van der Waals surface area contributed by atoms with Gasteiger partial charge in [-0.05, 0) is 18.1 Å². The molecule has 0 aromatic heterocycles. The molecule has 0 fully saturated rings. The Labute approximate surface area is 117 Å². The summed E-state index contributed by atoms with van der Waals surface area (Å²) in [5, 5.41) is 1.16. The van der Waals surface area contributed by atoms with Crippen LogP contribution in [0.15, 0.2) is 12.1 Å². The first-order chi connectivity index (χ1) is 8.58. The topological polar surface area (TPSA) is 30.5 Å². The van der Waals surface area contributed by atoms with Crippen molar-refractivity contribution in [2.24, 2.45) is 5.92 Å². The Bertz CT molecular complexity index is 424. The molecule has 5 heteroatoms. The summed E-state index contributed by atoms with van der Waals surface area (Å²) in [6.07, 6.45) is 0.835. The van der Waals surface area contributed by atoms with Crippen LogP contribution in [0.25, 0.3) is 0 Å². The standard InChI is InChI=1S/C13H17Cl2NO2/c1-8(2)7-18-16-12-3-4-17-13-10(12)5-9(14)6-11(13)15/h5-6,8,12,16H,3-4,7H2,1-2H3. The third kappa shape index (κ3) is 3.29. The second kappa shape index (κ2) is 6.11. The number of hydrogen-bond donors (Lipinski definition) is 1. The fraction of sp³-hybridized carbons (Fsp3) is 0.538.